The van der Waals surface area contributed by atoms with Crippen molar-refractivity contribution in [1.82, 2.24) is 10.2 Å². The average molecular weight is 615 g/mol. The molecule has 208 valence electrons. The van der Waals surface area contributed by atoms with Crippen LogP contribution in [0.3, 0.4) is 0 Å². The number of likely N-dealkylation sites (N-methyl/N-ethyl adjacent to an activating group) is 1. The summed E-state index contributed by atoms with van der Waals surface area (Å²) in [6, 6.07) is 16.2. The molecule has 7 nitrogen and oxygen atoms in total. The fraction of sp³-hybridized carbons (Fsp3) is 0.259. The Morgan fingerprint density at radius 3 is 2.15 bits per heavy atom. The van der Waals surface area contributed by atoms with Gasteiger partial charge in [-0.2, -0.15) is 0 Å². The van der Waals surface area contributed by atoms with Crippen LogP contribution < -0.4 is 9.62 Å². The Balaban J connectivity index is 2.09. The average Bonchev–Trinajstić information content (AvgIpc) is 2.88. The van der Waals surface area contributed by atoms with E-state index < -0.39 is 40.2 Å². The lowest BCUT2D eigenvalue weighted by Gasteiger charge is -2.33. The standard InChI is InChI=1S/C27H27Cl3FN3O4S/c1-3-32-27(36)25(14-18-8-5-4-6-9-18)33(16-20-21(28)10-7-11-22(20)29)26(35)17-34(39(2,37)38)19-12-13-24(31)23(30)15-19/h4-13,15,25H,3,14,16-17H2,1-2H3,(H,32,36)/t25-/m1/s1. The smallest absolute Gasteiger partial charge is 0.244 e. The Labute approximate surface area is 242 Å². The van der Waals surface area contributed by atoms with Crippen LogP contribution in [0.4, 0.5) is 10.1 Å². The van der Waals surface area contributed by atoms with Gasteiger partial charge in [-0.25, -0.2) is 12.8 Å². The lowest BCUT2D eigenvalue weighted by molar-refractivity contribution is -0.140. The molecule has 0 fully saturated rings. The summed E-state index contributed by atoms with van der Waals surface area (Å²) >= 11 is 18.7. The van der Waals surface area contributed by atoms with E-state index in [-0.39, 0.29) is 33.7 Å². The molecular formula is C27H27Cl3FN3O4S. The van der Waals surface area contributed by atoms with Crippen LogP contribution in [0, 0.1) is 5.82 Å². The number of hydrogen-bond donors (Lipinski definition) is 1. The molecule has 39 heavy (non-hydrogen) atoms. The van der Waals surface area contributed by atoms with Crippen molar-refractivity contribution in [3.8, 4) is 0 Å². The highest BCUT2D eigenvalue weighted by Crippen LogP contribution is 2.29. The van der Waals surface area contributed by atoms with E-state index in [2.05, 4.69) is 5.32 Å². The zero-order valence-electron chi connectivity index (χ0n) is 21.2. The lowest BCUT2D eigenvalue weighted by atomic mass is 10.0. The molecule has 1 N–H and O–H groups in total. The molecule has 0 saturated carbocycles. The highest BCUT2D eigenvalue weighted by molar-refractivity contribution is 7.92. The maximum Gasteiger partial charge on any atom is 0.244 e. The molecule has 0 aliphatic heterocycles. The number of nitrogens with one attached hydrogen (secondary N) is 1. The Bertz CT molecular complexity index is 1420. The van der Waals surface area contributed by atoms with Crippen molar-refractivity contribution in [2.24, 2.45) is 0 Å². The first-order chi connectivity index (χ1) is 18.4. The van der Waals surface area contributed by atoms with E-state index in [4.69, 9.17) is 34.8 Å². The van der Waals surface area contributed by atoms with E-state index in [1.54, 1.807) is 25.1 Å². The van der Waals surface area contributed by atoms with Gasteiger partial charge in [0.2, 0.25) is 21.8 Å². The van der Waals surface area contributed by atoms with Crippen molar-refractivity contribution in [2.75, 3.05) is 23.7 Å². The number of carbonyl (C=O) groups is 2. The second kappa shape index (κ2) is 13.5. The minimum absolute atomic E-state index is 0.00871. The molecule has 3 aromatic carbocycles. The first-order valence-corrected chi connectivity index (χ1v) is 14.9. The van der Waals surface area contributed by atoms with E-state index in [0.717, 1.165) is 28.3 Å². The first-order valence-electron chi connectivity index (χ1n) is 11.9. The molecule has 0 bridgehead atoms. The van der Waals surface area contributed by atoms with Crippen molar-refractivity contribution in [2.45, 2.75) is 25.9 Å². The SMILES string of the molecule is CCNC(=O)[C@@H](Cc1ccccc1)N(Cc1c(Cl)cccc1Cl)C(=O)CN(c1ccc(F)c(Cl)c1)S(C)(=O)=O. The van der Waals surface area contributed by atoms with Gasteiger partial charge >= 0.3 is 0 Å². The summed E-state index contributed by atoms with van der Waals surface area (Å²) < 4.78 is 40.1. The number of amides is 2. The molecular weight excluding hydrogens is 588 g/mol. The quantitative estimate of drug-likeness (QED) is 0.317. The van der Waals surface area contributed by atoms with Gasteiger partial charge in [0.05, 0.1) is 17.0 Å². The van der Waals surface area contributed by atoms with Gasteiger partial charge in [0.25, 0.3) is 0 Å². The van der Waals surface area contributed by atoms with E-state index in [9.17, 15) is 22.4 Å². The van der Waals surface area contributed by atoms with Crippen molar-refractivity contribution in [3.63, 3.8) is 0 Å². The predicted molar refractivity (Wildman–Crippen MR) is 153 cm³/mol. The third kappa shape index (κ3) is 8.08. The van der Waals surface area contributed by atoms with Gasteiger partial charge in [0.15, 0.2) is 0 Å². The number of nitrogens with zero attached hydrogens (tertiary/aromatic N) is 2. The summed E-state index contributed by atoms with van der Waals surface area (Å²) in [7, 11) is -4.03. The number of benzene rings is 3. The molecule has 0 aromatic heterocycles. The Morgan fingerprint density at radius 1 is 0.949 bits per heavy atom. The van der Waals surface area contributed by atoms with Crippen LogP contribution in [0.15, 0.2) is 66.7 Å². The molecule has 0 aliphatic carbocycles. The molecule has 12 heteroatoms. The normalized spacial score (nSPS) is 12.1. The Kier molecular flexibility index (Phi) is 10.6. The van der Waals surface area contributed by atoms with Gasteiger partial charge in [-0.15, -0.1) is 0 Å². The Morgan fingerprint density at radius 2 is 1.59 bits per heavy atom. The summed E-state index contributed by atoms with van der Waals surface area (Å²) in [5, 5.41) is 3.00. The zero-order valence-corrected chi connectivity index (χ0v) is 24.3. The van der Waals surface area contributed by atoms with Crippen LogP contribution >= 0.6 is 34.8 Å². The van der Waals surface area contributed by atoms with Crippen LogP contribution in [-0.2, 0) is 32.6 Å². The lowest BCUT2D eigenvalue weighted by Crippen LogP contribution is -2.53. The third-order valence-electron chi connectivity index (χ3n) is 5.88. The fourth-order valence-corrected chi connectivity index (χ4v) is 5.49. The molecule has 0 saturated heterocycles. The number of sulfonamides is 1. The second-order valence-electron chi connectivity index (χ2n) is 8.69. The summed E-state index contributed by atoms with van der Waals surface area (Å²) in [5.41, 5.74) is 1.17. The van der Waals surface area contributed by atoms with Crippen molar-refractivity contribution >= 4 is 62.3 Å². The zero-order chi connectivity index (χ0) is 28.7. The number of anilines is 1. The third-order valence-corrected chi connectivity index (χ3v) is 8.02. The predicted octanol–water partition coefficient (Wildman–Crippen LogP) is 5.33. The number of hydrogen-bond acceptors (Lipinski definition) is 4. The van der Waals surface area contributed by atoms with E-state index in [1.165, 1.54) is 11.0 Å². The minimum atomic E-state index is -4.03. The maximum atomic E-state index is 13.9. The van der Waals surface area contributed by atoms with Crippen LogP contribution in [0.25, 0.3) is 0 Å². The highest BCUT2D eigenvalue weighted by Gasteiger charge is 2.33. The number of rotatable bonds is 11. The van der Waals surface area contributed by atoms with Gasteiger partial charge in [0, 0.05) is 35.1 Å². The van der Waals surface area contributed by atoms with Crippen LogP contribution in [0.5, 0.6) is 0 Å². The molecule has 2 amide bonds. The van der Waals surface area contributed by atoms with Gasteiger partial charge in [0.1, 0.15) is 18.4 Å². The van der Waals surface area contributed by atoms with Crippen molar-refractivity contribution in [1.29, 1.82) is 0 Å². The molecule has 3 aromatic rings. The molecule has 0 aliphatic rings. The van der Waals surface area contributed by atoms with Gasteiger partial charge < -0.3 is 10.2 Å². The molecule has 0 heterocycles. The van der Waals surface area contributed by atoms with E-state index in [1.807, 2.05) is 30.3 Å². The fourth-order valence-electron chi connectivity index (χ4n) is 3.95. The molecule has 0 spiro atoms. The highest BCUT2D eigenvalue weighted by atomic mass is 35.5. The monoisotopic (exact) mass is 613 g/mol. The van der Waals surface area contributed by atoms with Gasteiger partial charge in [-0.1, -0.05) is 71.2 Å². The van der Waals surface area contributed by atoms with Gasteiger partial charge in [-0.05, 0) is 42.8 Å². The van der Waals surface area contributed by atoms with Gasteiger partial charge in [-0.3, -0.25) is 13.9 Å². The van der Waals surface area contributed by atoms with Crippen molar-refractivity contribution < 1.29 is 22.4 Å². The maximum absolute atomic E-state index is 13.9. The van der Waals surface area contributed by atoms with Crippen LogP contribution in [0.1, 0.15) is 18.1 Å². The number of halogens is 4. The summed E-state index contributed by atoms with van der Waals surface area (Å²) in [6.07, 6.45) is 1.06. The van der Waals surface area contributed by atoms with Crippen molar-refractivity contribution in [3.05, 3.63) is 98.7 Å². The summed E-state index contributed by atoms with van der Waals surface area (Å²) in [5.74, 6) is -1.88. The summed E-state index contributed by atoms with van der Waals surface area (Å²) in [4.78, 5) is 28.5. The molecule has 3 rings (SSSR count). The van der Waals surface area contributed by atoms with E-state index in [0.29, 0.717) is 12.1 Å². The molecule has 0 unspecified atom stereocenters. The van der Waals surface area contributed by atoms with Crippen LogP contribution in [0.2, 0.25) is 15.1 Å². The first kappa shape index (κ1) is 30.7. The molecule has 0 radical (unpaired) electrons. The van der Waals surface area contributed by atoms with Crippen LogP contribution in [-0.4, -0.2) is 50.5 Å². The summed E-state index contributed by atoms with van der Waals surface area (Å²) in [6.45, 7) is 1.20. The largest absolute Gasteiger partial charge is 0.355 e. The minimum Gasteiger partial charge on any atom is -0.355 e. The molecule has 1 atom stereocenters. The number of carbonyl (C=O) groups excluding carboxylic acids is 2. The second-order valence-corrected chi connectivity index (χ2v) is 11.8. The topological polar surface area (TPSA) is 86.8 Å². The van der Waals surface area contributed by atoms with E-state index >= 15 is 0 Å². The Hall–Kier alpha value is -2.85.